The highest BCUT2D eigenvalue weighted by atomic mass is 16.3. The molecule has 3 aromatic carbocycles. The predicted molar refractivity (Wildman–Crippen MR) is 97.9 cm³/mol. The van der Waals surface area contributed by atoms with E-state index in [1.807, 2.05) is 54.6 Å². The van der Waals surface area contributed by atoms with E-state index >= 15 is 0 Å². The largest absolute Gasteiger partial charge is 0.507 e. The van der Waals surface area contributed by atoms with E-state index in [4.69, 9.17) is 4.98 Å². The highest BCUT2D eigenvalue weighted by Gasteiger charge is 2.15. The first kappa shape index (κ1) is 14.5. The molecule has 3 nitrogen and oxygen atoms in total. The third-order valence-electron chi connectivity index (χ3n) is 4.30. The Morgan fingerprint density at radius 2 is 1.50 bits per heavy atom. The van der Waals surface area contributed by atoms with Gasteiger partial charge in [0.1, 0.15) is 11.6 Å². The molecule has 1 heterocycles. The molecule has 1 aromatic heterocycles. The molecule has 24 heavy (non-hydrogen) atoms. The quantitative estimate of drug-likeness (QED) is 0.571. The van der Waals surface area contributed by atoms with Crippen LogP contribution in [0, 0.1) is 0 Å². The second-order valence-electron chi connectivity index (χ2n) is 5.77. The molecule has 4 aromatic rings. The molecule has 0 bridgehead atoms. The van der Waals surface area contributed by atoms with Crippen LogP contribution in [0.4, 0.5) is 0 Å². The monoisotopic (exact) mass is 314 g/mol. The molecule has 0 saturated carbocycles. The van der Waals surface area contributed by atoms with Gasteiger partial charge < -0.3 is 9.67 Å². The average molecular weight is 314 g/mol. The maximum Gasteiger partial charge on any atom is 0.141 e. The van der Waals surface area contributed by atoms with Crippen molar-refractivity contribution in [3.63, 3.8) is 0 Å². The smallest absolute Gasteiger partial charge is 0.141 e. The molecule has 0 saturated heterocycles. The van der Waals surface area contributed by atoms with E-state index in [0.717, 1.165) is 40.1 Å². The van der Waals surface area contributed by atoms with Gasteiger partial charge in [0.05, 0.1) is 11.0 Å². The fourth-order valence-electron chi connectivity index (χ4n) is 3.14. The number of benzene rings is 3. The number of hydrogen-bond donors (Lipinski definition) is 1. The standard InChI is InChI=1S/C21H18N2O/c1-2-23-19-13-17(15-9-5-3-6-10-15)20(24)14-18(19)22-21(23)16-11-7-4-8-12-16/h3-14,24H,2H2,1H3. The van der Waals surface area contributed by atoms with Gasteiger partial charge in [0.15, 0.2) is 0 Å². The van der Waals surface area contributed by atoms with Gasteiger partial charge >= 0.3 is 0 Å². The summed E-state index contributed by atoms with van der Waals surface area (Å²) in [6, 6.07) is 23.9. The molecule has 0 fully saturated rings. The van der Waals surface area contributed by atoms with E-state index in [1.54, 1.807) is 6.07 Å². The van der Waals surface area contributed by atoms with E-state index in [2.05, 4.69) is 23.6 Å². The number of hydrogen-bond acceptors (Lipinski definition) is 2. The molecule has 0 amide bonds. The molecule has 3 heteroatoms. The van der Waals surface area contributed by atoms with Crippen LogP contribution in [0.1, 0.15) is 6.92 Å². The van der Waals surface area contributed by atoms with Crippen molar-refractivity contribution in [1.82, 2.24) is 9.55 Å². The zero-order chi connectivity index (χ0) is 16.5. The number of aryl methyl sites for hydroxylation is 1. The van der Waals surface area contributed by atoms with Crippen LogP contribution in [0.25, 0.3) is 33.5 Å². The second kappa shape index (κ2) is 5.85. The summed E-state index contributed by atoms with van der Waals surface area (Å²) in [6.07, 6.45) is 0. The van der Waals surface area contributed by atoms with Gasteiger partial charge in [-0.25, -0.2) is 4.98 Å². The zero-order valence-electron chi connectivity index (χ0n) is 13.5. The molecular formula is C21H18N2O. The molecule has 118 valence electrons. The van der Waals surface area contributed by atoms with E-state index < -0.39 is 0 Å². The average Bonchev–Trinajstić information content (AvgIpc) is 2.99. The Bertz CT molecular complexity index is 989. The summed E-state index contributed by atoms with van der Waals surface area (Å²) in [4.78, 5) is 4.75. The number of phenolic OH excluding ortho intramolecular Hbond substituents is 1. The van der Waals surface area contributed by atoms with Gasteiger partial charge in [-0.2, -0.15) is 0 Å². The van der Waals surface area contributed by atoms with Crippen molar-refractivity contribution in [2.45, 2.75) is 13.5 Å². The molecule has 0 aliphatic heterocycles. The van der Waals surface area contributed by atoms with Gasteiger partial charge in [-0.15, -0.1) is 0 Å². The maximum atomic E-state index is 10.5. The molecule has 0 aliphatic carbocycles. The molecule has 1 N–H and O–H groups in total. The van der Waals surface area contributed by atoms with E-state index in [-0.39, 0.29) is 5.75 Å². The summed E-state index contributed by atoms with van der Waals surface area (Å²) in [5.41, 5.74) is 4.76. The Labute approximate surface area is 140 Å². The van der Waals surface area contributed by atoms with E-state index in [9.17, 15) is 5.11 Å². The lowest BCUT2D eigenvalue weighted by Crippen LogP contribution is -1.97. The van der Waals surface area contributed by atoms with Crippen molar-refractivity contribution in [3.05, 3.63) is 72.8 Å². The summed E-state index contributed by atoms with van der Waals surface area (Å²) in [5.74, 6) is 1.19. The molecule has 0 unspecified atom stereocenters. The van der Waals surface area contributed by atoms with Crippen molar-refractivity contribution >= 4 is 11.0 Å². The third-order valence-corrected chi connectivity index (χ3v) is 4.30. The van der Waals surface area contributed by atoms with Crippen LogP contribution < -0.4 is 0 Å². The second-order valence-corrected chi connectivity index (χ2v) is 5.77. The van der Waals surface area contributed by atoms with Crippen molar-refractivity contribution in [2.24, 2.45) is 0 Å². The molecular weight excluding hydrogens is 296 g/mol. The number of aromatic hydroxyl groups is 1. The van der Waals surface area contributed by atoms with Crippen molar-refractivity contribution in [3.8, 4) is 28.3 Å². The minimum Gasteiger partial charge on any atom is -0.507 e. The van der Waals surface area contributed by atoms with Crippen LogP contribution in [0.5, 0.6) is 5.75 Å². The van der Waals surface area contributed by atoms with Gasteiger partial charge in [-0.05, 0) is 18.6 Å². The minimum absolute atomic E-state index is 0.258. The van der Waals surface area contributed by atoms with Crippen molar-refractivity contribution in [1.29, 1.82) is 0 Å². The highest BCUT2D eigenvalue weighted by molar-refractivity contribution is 5.88. The van der Waals surface area contributed by atoms with E-state index in [0.29, 0.717) is 0 Å². The van der Waals surface area contributed by atoms with Crippen molar-refractivity contribution < 1.29 is 5.11 Å². The van der Waals surface area contributed by atoms with Crippen LogP contribution in [-0.2, 0) is 6.54 Å². The van der Waals surface area contributed by atoms with Gasteiger partial charge in [0.25, 0.3) is 0 Å². The first-order valence-electron chi connectivity index (χ1n) is 8.12. The molecule has 0 radical (unpaired) electrons. The predicted octanol–water partition coefficient (Wildman–Crippen LogP) is 5.10. The Morgan fingerprint density at radius 3 is 2.12 bits per heavy atom. The zero-order valence-corrected chi connectivity index (χ0v) is 13.5. The van der Waals surface area contributed by atoms with Gasteiger partial charge in [-0.1, -0.05) is 60.7 Å². The lowest BCUT2D eigenvalue weighted by molar-refractivity contribution is 0.478. The molecule has 0 aliphatic rings. The topological polar surface area (TPSA) is 38.0 Å². The maximum absolute atomic E-state index is 10.5. The van der Waals surface area contributed by atoms with Crippen LogP contribution in [0.2, 0.25) is 0 Å². The van der Waals surface area contributed by atoms with Crippen LogP contribution >= 0.6 is 0 Å². The Kier molecular flexibility index (Phi) is 3.54. The first-order chi connectivity index (χ1) is 11.8. The van der Waals surface area contributed by atoms with Crippen molar-refractivity contribution in [2.75, 3.05) is 0 Å². The normalized spacial score (nSPS) is 11.0. The summed E-state index contributed by atoms with van der Waals surface area (Å²) in [5, 5.41) is 10.5. The SMILES string of the molecule is CCn1c(-c2ccccc2)nc2cc(O)c(-c3ccccc3)cc21. The third kappa shape index (κ3) is 2.35. The number of phenols is 1. The van der Waals surface area contributed by atoms with Gasteiger partial charge in [0.2, 0.25) is 0 Å². The lowest BCUT2D eigenvalue weighted by Gasteiger charge is -2.08. The molecule has 0 spiro atoms. The Morgan fingerprint density at radius 1 is 0.875 bits per heavy atom. The molecule has 0 atom stereocenters. The fourth-order valence-corrected chi connectivity index (χ4v) is 3.14. The van der Waals surface area contributed by atoms with Crippen LogP contribution in [-0.4, -0.2) is 14.7 Å². The lowest BCUT2D eigenvalue weighted by atomic mass is 10.0. The Hall–Kier alpha value is -3.07. The van der Waals surface area contributed by atoms with Gasteiger partial charge in [0, 0.05) is 23.7 Å². The summed E-state index contributed by atoms with van der Waals surface area (Å²) in [7, 11) is 0. The number of aromatic nitrogens is 2. The van der Waals surface area contributed by atoms with Gasteiger partial charge in [-0.3, -0.25) is 0 Å². The van der Waals surface area contributed by atoms with Crippen LogP contribution in [0.15, 0.2) is 72.8 Å². The number of nitrogens with zero attached hydrogens (tertiary/aromatic N) is 2. The number of imidazole rings is 1. The number of fused-ring (bicyclic) bond motifs is 1. The first-order valence-corrected chi connectivity index (χ1v) is 8.12. The summed E-state index contributed by atoms with van der Waals surface area (Å²) < 4.78 is 2.19. The fraction of sp³-hybridized carbons (Fsp3) is 0.0952. The van der Waals surface area contributed by atoms with Crippen LogP contribution in [0.3, 0.4) is 0 Å². The summed E-state index contributed by atoms with van der Waals surface area (Å²) in [6.45, 7) is 2.93. The summed E-state index contributed by atoms with van der Waals surface area (Å²) >= 11 is 0. The number of rotatable bonds is 3. The Balaban J connectivity index is 1.97. The minimum atomic E-state index is 0.258. The highest BCUT2D eigenvalue weighted by Crippen LogP contribution is 2.35. The molecule has 4 rings (SSSR count). The van der Waals surface area contributed by atoms with E-state index in [1.165, 1.54) is 0 Å².